The Kier molecular flexibility index (Phi) is 2.79. The van der Waals surface area contributed by atoms with Gasteiger partial charge in [0.15, 0.2) is 5.41 Å². The van der Waals surface area contributed by atoms with Gasteiger partial charge in [0, 0.05) is 18.3 Å². The van der Waals surface area contributed by atoms with Gasteiger partial charge in [-0.25, -0.2) is 4.99 Å². The number of hydrogen-bond acceptors (Lipinski definition) is 6. The summed E-state index contributed by atoms with van der Waals surface area (Å²) in [7, 11) is 1.58. The number of nitrogens with zero attached hydrogens (tertiary/aromatic N) is 3. The lowest BCUT2D eigenvalue weighted by atomic mass is 9.45. The summed E-state index contributed by atoms with van der Waals surface area (Å²) in [6, 6.07) is 11.7. The van der Waals surface area contributed by atoms with Gasteiger partial charge >= 0.3 is 0 Å². The van der Waals surface area contributed by atoms with E-state index in [0.717, 1.165) is 5.56 Å². The smallest absolute Gasteiger partial charge is 0.244 e. The van der Waals surface area contributed by atoms with Crippen LogP contribution in [-0.4, -0.2) is 24.5 Å². The van der Waals surface area contributed by atoms with Gasteiger partial charge in [-0.2, -0.15) is 10.5 Å². The van der Waals surface area contributed by atoms with Crippen molar-refractivity contribution < 1.29 is 9.53 Å². The summed E-state index contributed by atoms with van der Waals surface area (Å²) in [4.78, 5) is 17.2. The molecule has 0 aromatic heterocycles. The van der Waals surface area contributed by atoms with Gasteiger partial charge in [0.25, 0.3) is 0 Å². The Bertz CT molecular complexity index is 896. The summed E-state index contributed by atoms with van der Waals surface area (Å²) < 4.78 is 5.20. The standard InChI is InChI=1S/C18H17N5O2/c1-10-13(11-3-5-12(25-2)6-4-11)17(9-20)14(21)22-18(10)7-16(17,8-19)15(24)23-18/h3-6,10,13H,7H2,1-2H3,(H2,21,22)(H,23,24). The molecule has 1 aromatic carbocycles. The largest absolute Gasteiger partial charge is 0.497 e. The fourth-order valence-electron chi connectivity index (χ4n) is 4.94. The van der Waals surface area contributed by atoms with Crippen LogP contribution in [0.2, 0.25) is 0 Å². The van der Waals surface area contributed by atoms with Crippen LogP contribution in [0.4, 0.5) is 0 Å². The second kappa shape index (κ2) is 4.52. The first kappa shape index (κ1) is 15.5. The lowest BCUT2D eigenvalue weighted by molar-refractivity contribution is -0.127. The van der Waals surface area contributed by atoms with E-state index in [-0.39, 0.29) is 18.2 Å². The fourth-order valence-corrected chi connectivity index (χ4v) is 4.94. The molecule has 1 aliphatic carbocycles. The van der Waals surface area contributed by atoms with E-state index in [9.17, 15) is 15.3 Å². The van der Waals surface area contributed by atoms with Crippen molar-refractivity contribution in [1.82, 2.24) is 5.32 Å². The van der Waals surface area contributed by atoms with Crippen molar-refractivity contribution in [1.29, 1.82) is 10.5 Å². The highest BCUT2D eigenvalue weighted by Gasteiger charge is 2.80. The van der Waals surface area contributed by atoms with E-state index < -0.39 is 28.3 Å². The maximum absolute atomic E-state index is 12.8. The number of carbonyl (C=O) groups excluding carboxylic acids is 1. The molecule has 25 heavy (non-hydrogen) atoms. The number of carbonyl (C=O) groups is 1. The second-order valence-corrected chi connectivity index (χ2v) is 7.03. The molecular weight excluding hydrogens is 318 g/mol. The van der Waals surface area contributed by atoms with E-state index in [0.29, 0.717) is 5.75 Å². The Morgan fingerprint density at radius 2 is 2.00 bits per heavy atom. The summed E-state index contributed by atoms with van der Waals surface area (Å²) in [5.74, 6) is -0.298. The van der Waals surface area contributed by atoms with Crippen molar-refractivity contribution in [3.63, 3.8) is 0 Å². The Balaban J connectivity index is 2.01. The van der Waals surface area contributed by atoms with Gasteiger partial charge in [0.1, 0.15) is 22.7 Å². The van der Waals surface area contributed by atoms with Crippen LogP contribution >= 0.6 is 0 Å². The molecule has 3 aliphatic heterocycles. The van der Waals surface area contributed by atoms with Crippen LogP contribution in [0.25, 0.3) is 0 Å². The third-order valence-electron chi connectivity index (χ3n) is 6.21. The summed E-state index contributed by atoms with van der Waals surface area (Å²) >= 11 is 0. The fraction of sp³-hybridized carbons (Fsp3) is 0.444. The number of nitrogens with two attached hydrogens (primary N) is 1. The number of benzene rings is 1. The number of nitrogens with one attached hydrogen (secondary N) is 1. The molecule has 0 radical (unpaired) electrons. The van der Waals surface area contributed by atoms with Gasteiger partial charge in [-0.3, -0.25) is 4.79 Å². The third-order valence-corrected chi connectivity index (χ3v) is 6.21. The van der Waals surface area contributed by atoms with Gasteiger partial charge in [0.05, 0.1) is 19.2 Å². The van der Waals surface area contributed by atoms with E-state index in [2.05, 4.69) is 22.4 Å². The molecular formula is C18H17N5O2. The molecule has 1 spiro atoms. The van der Waals surface area contributed by atoms with E-state index in [4.69, 9.17) is 10.5 Å². The number of amidine groups is 1. The van der Waals surface area contributed by atoms with Crippen LogP contribution in [0.5, 0.6) is 5.75 Å². The molecule has 7 heteroatoms. The lowest BCUT2D eigenvalue weighted by Gasteiger charge is -2.55. The highest BCUT2D eigenvalue weighted by Crippen LogP contribution is 2.68. The average Bonchev–Trinajstić information content (AvgIpc) is 2.85. The molecule has 126 valence electrons. The molecule has 7 nitrogen and oxygen atoms in total. The maximum Gasteiger partial charge on any atom is 0.244 e. The number of ether oxygens (including phenoxy) is 1. The van der Waals surface area contributed by atoms with Crippen molar-refractivity contribution in [3.05, 3.63) is 29.8 Å². The van der Waals surface area contributed by atoms with Gasteiger partial charge < -0.3 is 15.8 Å². The summed E-state index contributed by atoms with van der Waals surface area (Å²) in [5.41, 5.74) is 3.11. The quantitative estimate of drug-likeness (QED) is 0.835. The molecule has 3 heterocycles. The van der Waals surface area contributed by atoms with Crippen molar-refractivity contribution in [2.75, 3.05) is 7.11 Å². The van der Waals surface area contributed by atoms with Gasteiger partial charge in [-0.1, -0.05) is 19.1 Å². The van der Waals surface area contributed by atoms with Crippen molar-refractivity contribution >= 4 is 11.7 Å². The number of fused-ring (bicyclic) bond motifs is 1. The first-order chi connectivity index (χ1) is 11.9. The Labute approximate surface area is 145 Å². The van der Waals surface area contributed by atoms with Crippen molar-refractivity contribution in [2.45, 2.75) is 24.9 Å². The number of rotatable bonds is 2. The van der Waals surface area contributed by atoms with Crippen LogP contribution in [-0.2, 0) is 4.79 Å². The van der Waals surface area contributed by atoms with Crippen LogP contribution in [0.1, 0.15) is 24.8 Å². The van der Waals surface area contributed by atoms with E-state index in [1.54, 1.807) is 19.2 Å². The SMILES string of the molecule is COc1ccc(C2C(C)C34CC(C#N)(C(=O)N3)C2(C#N)C(N)=N4)cc1. The Morgan fingerprint density at radius 3 is 2.56 bits per heavy atom. The van der Waals surface area contributed by atoms with Crippen LogP contribution in [0.3, 0.4) is 0 Å². The molecule has 4 aliphatic rings. The molecule has 1 amide bonds. The molecule has 3 N–H and O–H groups in total. The predicted octanol–water partition coefficient (Wildman–Crippen LogP) is 1.04. The molecule has 1 saturated carbocycles. The van der Waals surface area contributed by atoms with E-state index >= 15 is 0 Å². The molecule has 5 unspecified atom stereocenters. The Hall–Kier alpha value is -3.06. The number of nitriles is 2. The first-order valence-electron chi connectivity index (χ1n) is 8.05. The first-order valence-corrected chi connectivity index (χ1v) is 8.05. The van der Waals surface area contributed by atoms with Crippen molar-refractivity contribution in [3.8, 4) is 17.9 Å². The number of hydrogen-bond donors (Lipinski definition) is 2. The van der Waals surface area contributed by atoms with Gasteiger partial charge in [0.2, 0.25) is 5.91 Å². The second-order valence-electron chi connectivity index (χ2n) is 7.03. The topological polar surface area (TPSA) is 124 Å². The minimum Gasteiger partial charge on any atom is -0.497 e. The molecule has 2 fully saturated rings. The summed E-state index contributed by atoms with van der Waals surface area (Å²) in [6.07, 6.45) is 0.178. The highest BCUT2D eigenvalue weighted by molar-refractivity contribution is 6.05. The minimum absolute atomic E-state index is 0.0695. The minimum atomic E-state index is -1.52. The number of amides is 1. The van der Waals surface area contributed by atoms with Crippen LogP contribution < -0.4 is 15.8 Å². The predicted molar refractivity (Wildman–Crippen MR) is 88.1 cm³/mol. The van der Waals surface area contributed by atoms with Crippen molar-refractivity contribution in [2.24, 2.45) is 27.5 Å². The Morgan fingerprint density at radius 1 is 1.32 bits per heavy atom. The third kappa shape index (κ3) is 1.45. The van der Waals surface area contributed by atoms with Gasteiger partial charge in [-0.05, 0) is 17.7 Å². The highest BCUT2D eigenvalue weighted by atomic mass is 16.5. The molecule has 3 bridgehead atoms. The molecule has 5 rings (SSSR count). The van der Waals surface area contributed by atoms with Crippen LogP contribution in [0, 0.1) is 39.4 Å². The van der Waals surface area contributed by atoms with Crippen LogP contribution in [0.15, 0.2) is 29.3 Å². The lowest BCUT2D eigenvalue weighted by Crippen LogP contribution is -2.66. The number of aliphatic imine (C=N–C) groups is 1. The van der Waals surface area contributed by atoms with E-state index in [1.807, 2.05) is 19.1 Å². The maximum atomic E-state index is 12.8. The molecule has 5 atom stereocenters. The molecule has 1 aromatic rings. The van der Waals surface area contributed by atoms with E-state index in [1.165, 1.54) is 0 Å². The monoisotopic (exact) mass is 335 g/mol. The summed E-state index contributed by atoms with van der Waals surface area (Å²) in [6.45, 7) is 1.95. The summed E-state index contributed by atoms with van der Waals surface area (Å²) in [5, 5.41) is 22.9. The zero-order valence-electron chi connectivity index (χ0n) is 13.9. The zero-order chi connectivity index (χ0) is 18.0. The average molecular weight is 335 g/mol. The molecule has 1 saturated heterocycles. The van der Waals surface area contributed by atoms with Gasteiger partial charge in [-0.15, -0.1) is 0 Å². The normalized spacial score (nSPS) is 40.6. The number of methoxy groups -OCH3 is 1. The zero-order valence-corrected chi connectivity index (χ0v) is 13.9.